The standard InChI is InChI=1S/C40H42B2N2O4/c1-37(2)38(3,4)46-41(45-37)31-23-19-29(20-24-31)35-33(27-15-11-9-12-16-27)34(28-17-13-10-14-18-28)43-36(44-35)30-21-25-32(26-22-30)42-47-39(5,6)40(7,8)48-42/h9-26H,1-8H3. The van der Waals surface area contributed by atoms with Crippen molar-refractivity contribution in [3.63, 3.8) is 0 Å². The van der Waals surface area contributed by atoms with Gasteiger partial charge in [0.2, 0.25) is 0 Å². The summed E-state index contributed by atoms with van der Waals surface area (Å²) in [7, 11) is -0.885. The zero-order valence-corrected chi connectivity index (χ0v) is 29.1. The van der Waals surface area contributed by atoms with Gasteiger partial charge in [0.15, 0.2) is 5.82 Å². The highest BCUT2D eigenvalue weighted by Gasteiger charge is 2.52. The predicted molar refractivity (Wildman–Crippen MR) is 195 cm³/mol. The molecule has 0 bridgehead atoms. The molecule has 0 radical (unpaired) electrons. The van der Waals surface area contributed by atoms with Crippen molar-refractivity contribution >= 4 is 25.2 Å². The molecule has 2 aliphatic heterocycles. The molecule has 3 heterocycles. The molecule has 0 N–H and O–H groups in total. The van der Waals surface area contributed by atoms with Crippen LogP contribution in [0.5, 0.6) is 0 Å². The normalized spacial score (nSPS) is 19.1. The van der Waals surface area contributed by atoms with Crippen LogP contribution in [0.4, 0.5) is 0 Å². The SMILES string of the molecule is CC1(C)OB(c2ccc(-c3nc(-c4ccccc4)c(-c4ccccc4)c(-c4ccc(B5OC(C)(C)C(C)(C)O5)cc4)n3)cc2)OC1(C)C. The van der Waals surface area contributed by atoms with Crippen LogP contribution in [-0.2, 0) is 18.6 Å². The van der Waals surface area contributed by atoms with E-state index < -0.39 is 36.6 Å². The van der Waals surface area contributed by atoms with Gasteiger partial charge in [-0.3, -0.25) is 0 Å². The molecule has 2 saturated heterocycles. The van der Waals surface area contributed by atoms with Crippen LogP contribution in [0.25, 0.3) is 45.0 Å². The van der Waals surface area contributed by atoms with Crippen molar-refractivity contribution in [2.75, 3.05) is 0 Å². The van der Waals surface area contributed by atoms with Crippen LogP contribution < -0.4 is 10.9 Å². The second kappa shape index (κ2) is 11.8. The molecular weight excluding hydrogens is 594 g/mol. The molecule has 242 valence electrons. The monoisotopic (exact) mass is 636 g/mol. The lowest BCUT2D eigenvalue weighted by atomic mass is 9.78. The molecule has 6 nitrogen and oxygen atoms in total. The van der Waals surface area contributed by atoms with E-state index in [4.69, 9.17) is 28.6 Å². The number of rotatable bonds is 6. The lowest BCUT2D eigenvalue weighted by molar-refractivity contribution is 0.00578. The van der Waals surface area contributed by atoms with Gasteiger partial charge in [0, 0.05) is 22.3 Å². The fourth-order valence-corrected chi connectivity index (χ4v) is 6.03. The Balaban J connectivity index is 1.34. The van der Waals surface area contributed by atoms with E-state index in [1.807, 2.05) is 36.4 Å². The average Bonchev–Trinajstić information content (AvgIpc) is 3.44. The first-order chi connectivity index (χ1) is 22.7. The summed E-state index contributed by atoms with van der Waals surface area (Å²) in [5, 5.41) is 0. The van der Waals surface area contributed by atoms with E-state index in [-0.39, 0.29) is 0 Å². The van der Waals surface area contributed by atoms with Crippen LogP contribution in [0.15, 0.2) is 109 Å². The van der Waals surface area contributed by atoms with Gasteiger partial charge in [-0.25, -0.2) is 9.97 Å². The van der Waals surface area contributed by atoms with Crippen molar-refractivity contribution in [1.29, 1.82) is 0 Å². The van der Waals surface area contributed by atoms with E-state index >= 15 is 0 Å². The summed E-state index contributed by atoms with van der Waals surface area (Å²) in [5.74, 6) is 0.638. The van der Waals surface area contributed by atoms with Gasteiger partial charge in [-0.05, 0) is 71.9 Å². The van der Waals surface area contributed by atoms with Crippen LogP contribution in [0.3, 0.4) is 0 Å². The van der Waals surface area contributed by atoms with E-state index in [2.05, 4.69) is 128 Å². The summed E-state index contributed by atoms with van der Waals surface area (Å²) in [6, 6.07) is 37.3. The van der Waals surface area contributed by atoms with Crippen LogP contribution >= 0.6 is 0 Å². The number of hydrogen-bond acceptors (Lipinski definition) is 6. The lowest BCUT2D eigenvalue weighted by Crippen LogP contribution is -2.41. The first-order valence-corrected chi connectivity index (χ1v) is 16.7. The van der Waals surface area contributed by atoms with E-state index in [1.165, 1.54) is 0 Å². The Hall–Kier alpha value is -4.07. The van der Waals surface area contributed by atoms with E-state index in [1.54, 1.807) is 0 Å². The van der Waals surface area contributed by atoms with Crippen molar-refractivity contribution in [3.8, 4) is 45.0 Å². The maximum atomic E-state index is 6.35. The molecular formula is C40H42B2N2O4. The molecule has 8 heteroatoms. The summed E-state index contributed by atoms with van der Waals surface area (Å²) in [5.41, 5.74) is 6.90. The Bertz CT molecular complexity index is 1900. The van der Waals surface area contributed by atoms with Crippen molar-refractivity contribution in [1.82, 2.24) is 9.97 Å². The first-order valence-electron chi connectivity index (χ1n) is 16.7. The van der Waals surface area contributed by atoms with E-state index in [0.717, 1.165) is 50.1 Å². The van der Waals surface area contributed by atoms with Crippen LogP contribution in [0.2, 0.25) is 0 Å². The fourth-order valence-electron chi connectivity index (χ4n) is 6.03. The summed E-state index contributed by atoms with van der Waals surface area (Å²) >= 11 is 0. The minimum absolute atomic E-state index is 0.413. The van der Waals surface area contributed by atoms with Crippen molar-refractivity contribution in [2.24, 2.45) is 0 Å². The van der Waals surface area contributed by atoms with E-state index in [9.17, 15) is 0 Å². The molecule has 0 aliphatic carbocycles. The smallest absolute Gasteiger partial charge is 0.399 e. The number of benzene rings is 4. The molecule has 0 amide bonds. The number of hydrogen-bond donors (Lipinski definition) is 0. The highest BCUT2D eigenvalue weighted by molar-refractivity contribution is 6.62. The molecule has 0 atom stereocenters. The zero-order chi connectivity index (χ0) is 33.9. The molecule has 0 saturated carbocycles. The molecule has 0 unspecified atom stereocenters. The van der Waals surface area contributed by atoms with Gasteiger partial charge in [0.1, 0.15) is 0 Å². The summed E-state index contributed by atoms with van der Waals surface area (Å²) in [6.45, 7) is 16.6. The zero-order valence-electron chi connectivity index (χ0n) is 29.1. The van der Waals surface area contributed by atoms with Gasteiger partial charge in [-0.15, -0.1) is 0 Å². The molecule has 5 aromatic rings. The minimum atomic E-state index is -0.444. The van der Waals surface area contributed by atoms with Crippen LogP contribution in [0, 0.1) is 0 Å². The second-order valence-corrected chi connectivity index (χ2v) is 14.8. The van der Waals surface area contributed by atoms with Gasteiger partial charge in [-0.2, -0.15) is 0 Å². The van der Waals surface area contributed by atoms with Crippen LogP contribution in [0.1, 0.15) is 55.4 Å². The topological polar surface area (TPSA) is 62.7 Å². The highest BCUT2D eigenvalue weighted by atomic mass is 16.7. The van der Waals surface area contributed by atoms with Crippen molar-refractivity contribution in [3.05, 3.63) is 109 Å². The Labute approximate surface area is 285 Å². The molecule has 1 aromatic heterocycles. The summed E-state index contributed by atoms with van der Waals surface area (Å²) in [6.07, 6.45) is 0. The molecule has 0 spiro atoms. The third-order valence-corrected chi connectivity index (χ3v) is 10.4. The van der Waals surface area contributed by atoms with Gasteiger partial charge >= 0.3 is 14.2 Å². The third kappa shape index (κ3) is 5.81. The Morgan fingerprint density at radius 2 is 0.729 bits per heavy atom. The van der Waals surface area contributed by atoms with Gasteiger partial charge in [0.25, 0.3) is 0 Å². The quantitative estimate of drug-likeness (QED) is 0.178. The summed E-state index contributed by atoms with van der Waals surface area (Å²) < 4.78 is 25.3. The molecule has 48 heavy (non-hydrogen) atoms. The Morgan fingerprint density at radius 1 is 0.396 bits per heavy atom. The minimum Gasteiger partial charge on any atom is -0.399 e. The first kappa shape index (κ1) is 32.5. The Morgan fingerprint density at radius 3 is 1.12 bits per heavy atom. The van der Waals surface area contributed by atoms with Crippen molar-refractivity contribution < 1.29 is 18.6 Å². The second-order valence-electron chi connectivity index (χ2n) is 14.8. The van der Waals surface area contributed by atoms with Crippen LogP contribution in [-0.4, -0.2) is 46.6 Å². The molecule has 2 fully saturated rings. The maximum Gasteiger partial charge on any atom is 0.494 e. The average molecular weight is 636 g/mol. The molecule has 2 aliphatic rings. The Kier molecular flexibility index (Phi) is 7.99. The number of aromatic nitrogens is 2. The fraction of sp³-hybridized carbons (Fsp3) is 0.300. The maximum absolute atomic E-state index is 6.35. The molecule has 7 rings (SSSR count). The number of nitrogens with zero attached hydrogens (tertiary/aromatic N) is 2. The highest BCUT2D eigenvalue weighted by Crippen LogP contribution is 2.41. The molecule has 4 aromatic carbocycles. The van der Waals surface area contributed by atoms with Crippen molar-refractivity contribution in [2.45, 2.75) is 77.8 Å². The lowest BCUT2D eigenvalue weighted by Gasteiger charge is -2.32. The van der Waals surface area contributed by atoms with Gasteiger partial charge < -0.3 is 18.6 Å². The van der Waals surface area contributed by atoms with Gasteiger partial charge in [-0.1, -0.05) is 109 Å². The largest absolute Gasteiger partial charge is 0.494 e. The van der Waals surface area contributed by atoms with Gasteiger partial charge in [0.05, 0.1) is 33.8 Å². The predicted octanol–water partition coefficient (Wildman–Crippen LogP) is 7.74. The third-order valence-electron chi connectivity index (χ3n) is 10.4. The summed E-state index contributed by atoms with van der Waals surface area (Å²) in [4.78, 5) is 10.5. The van der Waals surface area contributed by atoms with E-state index in [0.29, 0.717) is 5.82 Å².